The summed E-state index contributed by atoms with van der Waals surface area (Å²) < 4.78 is 0. The van der Waals surface area contributed by atoms with E-state index in [1.807, 2.05) is 6.08 Å². The zero-order chi connectivity index (χ0) is 43.5. The second-order valence-corrected chi connectivity index (χ2v) is 15.8. The number of nitrogens with one attached hydrogen (secondary N) is 1. The van der Waals surface area contributed by atoms with Crippen LogP contribution in [0.4, 0.5) is 0 Å². The summed E-state index contributed by atoms with van der Waals surface area (Å²) in [7, 11) is 0. The molecule has 0 heterocycles. The summed E-state index contributed by atoms with van der Waals surface area (Å²) in [4.78, 5) is 12.4. The van der Waals surface area contributed by atoms with Gasteiger partial charge in [0.15, 0.2) is 0 Å². The molecule has 4 nitrogen and oxygen atoms in total. The van der Waals surface area contributed by atoms with Gasteiger partial charge in [-0.25, -0.2) is 0 Å². The predicted octanol–water partition coefficient (Wildman–Crippen LogP) is 15.9. The van der Waals surface area contributed by atoms with Gasteiger partial charge in [-0.15, -0.1) is 0 Å². The highest BCUT2D eigenvalue weighted by molar-refractivity contribution is 5.76. The first-order chi connectivity index (χ1) is 29.7. The molecule has 60 heavy (non-hydrogen) atoms. The lowest BCUT2D eigenvalue weighted by atomic mass is 10.1. The number of carbonyl (C=O) groups is 1. The van der Waals surface area contributed by atoms with Crippen molar-refractivity contribution in [3.63, 3.8) is 0 Å². The molecule has 0 rings (SSSR count). The van der Waals surface area contributed by atoms with Gasteiger partial charge < -0.3 is 15.5 Å². The average Bonchev–Trinajstić information content (AvgIpc) is 3.25. The van der Waals surface area contributed by atoms with Crippen LogP contribution >= 0.6 is 0 Å². The Morgan fingerprint density at radius 3 is 1.10 bits per heavy atom. The number of unbranched alkanes of at least 4 members (excludes halogenated alkanes) is 15. The van der Waals surface area contributed by atoms with Crippen LogP contribution in [0.15, 0.2) is 134 Å². The fourth-order valence-electron chi connectivity index (χ4n) is 6.44. The Bertz CT molecular complexity index is 1260. The molecule has 3 N–H and O–H groups in total. The van der Waals surface area contributed by atoms with Gasteiger partial charge in [0.2, 0.25) is 5.91 Å². The molecule has 0 radical (unpaired) electrons. The van der Waals surface area contributed by atoms with E-state index in [0.29, 0.717) is 6.42 Å². The maximum absolute atomic E-state index is 12.4. The Morgan fingerprint density at radius 1 is 0.417 bits per heavy atom. The van der Waals surface area contributed by atoms with Crippen LogP contribution in [0.5, 0.6) is 0 Å². The van der Waals surface area contributed by atoms with Gasteiger partial charge in [0.05, 0.1) is 18.8 Å². The minimum atomic E-state index is -0.848. The van der Waals surface area contributed by atoms with Crippen molar-refractivity contribution in [3.8, 4) is 0 Å². The lowest BCUT2D eigenvalue weighted by Gasteiger charge is -2.20. The quantitative estimate of drug-likeness (QED) is 0.0424. The molecule has 0 saturated carbocycles. The molecule has 2 atom stereocenters. The monoisotopic (exact) mass is 826 g/mol. The normalized spacial score (nSPS) is 14.1. The van der Waals surface area contributed by atoms with Gasteiger partial charge in [-0.1, -0.05) is 225 Å². The first kappa shape index (κ1) is 56.5. The van der Waals surface area contributed by atoms with Crippen molar-refractivity contribution in [1.29, 1.82) is 0 Å². The number of aliphatic hydroxyl groups is 2. The molecule has 0 aliphatic carbocycles. The summed E-state index contributed by atoms with van der Waals surface area (Å²) in [6, 6.07) is -0.633. The Labute approximate surface area is 371 Å². The zero-order valence-electron chi connectivity index (χ0n) is 38.7. The minimum Gasteiger partial charge on any atom is -0.394 e. The SMILES string of the molecule is CC/C=C\C/C=C\C/C=C\C/C=C\C/C=C\C/C=C\C/C=C\C/C=C\C/C=C\C/C=C\CCCCCCCCCCC(=O)NC(CO)C(O)/C=C/CCCCCCCCC. The summed E-state index contributed by atoms with van der Waals surface area (Å²) in [5.74, 6) is -0.0821. The first-order valence-corrected chi connectivity index (χ1v) is 24.4. The van der Waals surface area contributed by atoms with Crippen molar-refractivity contribution < 1.29 is 15.0 Å². The number of rotatable bonds is 42. The van der Waals surface area contributed by atoms with Gasteiger partial charge in [-0.3, -0.25) is 4.79 Å². The second kappa shape index (κ2) is 49.9. The number of carbonyl (C=O) groups excluding carboxylic acids is 1. The number of aliphatic hydroxyl groups excluding tert-OH is 2. The molecule has 0 aromatic rings. The van der Waals surface area contributed by atoms with E-state index in [0.717, 1.165) is 103 Å². The zero-order valence-corrected chi connectivity index (χ0v) is 38.7. The highest BCUT2D eigenvalue weighted by atomic mass is 16.3. The smallest absolute Gasteiger partial charge is 0.220 e. The van der Waals surface area contributed by atoms with Crippen molar-refractivity contribution in [1.82, 2.24) is 5.32 Å². The Morgan fingerprint density at radius 2 is 0.733 bits per heavy atom. The molecule has 0 aromatic heterocycles. The van der Waals surface area contributed by atoms with E-state index in [9.17, 15) is 15.0 Å². The molecule has 0 spiro atoms. The van der Waals surface area contributed by atoms with E-state index in [1.54, 1.807) is 6.08 Å². The lowest BCUT2D eigenvalue weighted by Crippen LogP contribution is -2.45. The summed E-state index contributed by atoms with van der Waals surface area (Å²) in [6.45, 7) is 4.14. The van der Waals surface area contributed by atoms with Crippen molar-refractivity contribution in [2.45, 2.75) is 206 Å². The summed E-state index contributed by atoms with van der Waals surface area (Å²) in [5.41, 5.74) is 0. The van der Waals surface area contributed by atoms with Gasteiger partial charge in [0.25, 0.3) is 0 Å². The largest absolute Gasteiger partial charge is 0.394 e. The summed E-state index contributed by atoms with van der Waals surface area (Å²) in [5, 5.41) is 22.9. The fourth-order valence-corrected chi connectivity index (χ4v) is 6.44. The fraction of sp³-hybridized carbons (Fsp3) is 0.589. The maximum Gasteiger partial charge on any atom is 0.220 e. The molecule has 4 heteroatoms. The Kier molecular flexibility index (Phi) is 47.0. The molecule has 0 fully saturated rings. The van der Waals surface area contributed by atoms with Crippen molar-refractivity contribution >= 4 is 5.91 Å². The van der Waals surface area contributed by atoms with E-state index >= 15 is 0 Å². The van der Waals surface area contributed by atoms with Gasteiger partial charge in [0, 0.05) is 6.42 Å². The van der Waals surface area contributed by atoms with Crippen LogP contribution in [0.25, 0.3) is 0 Å². The predicted molar refractivity (Wildman–Crippen MR) is 266 cm³/mol. The highest BCUT2D eigenvalue weighted by Crippen LogP contribution is 2.12. The Hall–Kier alpha value is -3.47. The van der Waals surface area contributed by atoms with Crippen LogP contribution in [0.3, 0.4) is 0 Å². The average molecular weight is 826 g/mol. The van der Waals surface area contributed by atoms with Crippen molar-refractivity contribution in [2.75, 3.05) is 6.61 Å². The van der Waals surface area contributed by atoms with E-state index in [1.165, 1.54) is 70.6 Å². The van der Waals surface area contributed by atoms with Crippen LogP contribution in [-0.2, 0) is 4.79 Å². The molecule has 0 aliphatic heterocycles. The number of hydrogen-bond donors (Lipinski definition) is 3. The third kappa shape index (κ3) is 45.6. The minimum absolute atomic E-state index is 0.0821. The van der Waals surface area contributed by atoms with Crippen LogP contribution < -0.4 is 5.32 Å². The van der Waals surface area contributed by atoms with Crippen molar-refractivity contribution in [2.24, 2.45) is 0 Å². The van der Waals surface area contributed by atoms with Crippen molar-refractivity contribution in [3.05, 3.63) is 134 Å². The molecular weight excluding hydrogens is 735 g/mol. The van der Waals surface area contributed by atoms with Gasteiger partial charge in [-0.2, -0.15) is 0 Å². The second-order valence-electron chi connectivity index (χ2n) is 15.8. The van der Waals surface area contributed by atoms with Crippen LogP contribution in [-0.4, -0.2) is 34.9 Å². The molecule has 0 bridgehead atoms. The highest BCUT2D eigenvalue weighted by Gasteiger charge is 2.17. The van der Waals surface area contributed by atoms with E-state index in [-0.39, 0.29) is 12.5 Å². The molecular formula is C56H91NO3. The molecule has 1 amide bonds. The van der Waals surface area contributed by atoms with E-state index in [4.69, 9.17) is 0 Å². The molecule has 2 unspecified atom stereocenters. The standard InChI is InChI=1S/C56H91NO3/c1-3-5-7-9-11-13-14-15-16-17-18-19-20-21-22-23-24-25-26-27-28-29-30-31-32-33-34-35-36-37-38-39-40-41-42-44-46-48-50-52-56(60)57-54(53-58)55(59)51-49-47-45-43-12-10-8-6-4-2/h5,7,11,13,15-16,18-19,21-22,24-25,27-28,30-31,33-34,36-37,49,51,54-55,58-59H,3-4,6,8-10,12,14,17,20,23,26,29,32,35,38-48,50,52-53H2,1-2H3,(H,57,60)/b7-5-,13-11-,16-15-,19-18-,22-21-,25-24-,28-27-,31-30-,34-33-,37-36-,51-49+. The number of hydrogen-bond acceptors (Lipinski definition) is 3. The number of allylic oxidation sites excluding steroid dienone is 21. The van der Waals surface area contributed by atoms with Crippen LogP contribution in [0, 0.1) is 0 Å². The maximum atomic E-state index is 12.4. The van der Waals surface area contributed by atoms with Crippen LogP contribution in [0.2, 0.25) is 0 Å². The van der Waals surface area contributed by atoms with E-state index in [2.05, 4.69) is 141 Å². The van der Waals surface area contributed by atoms with Crippen LogP contribution in [0.1, 0.15) is 194 Å². The van der Waals surface area contributed by atoms with E-state index < -0.39 is 12.1 Å². The molecule has 338 valence electrons. The van der Waals surface area contributed by atoms with Gasteiger partial charge >= 0.3 is 0 Å². The first-order valence-electron chi connectivity index (χ1n) is 24.4. The molecule has 0 aromatic carbocycles. The molecule has 0 aliphatic rings. The van der Waals surface area contributed by atoms with Gasteiger partial charge in [-0.05, 0) is 96.3 Å². The third-order valence-corrected chi connectivity index (χ3v) is 10.1. The lowest BCUT2D eigenvalue weighted by molar-refractivity contribution is -0.123. The third-order valence-electron chi connectivity index (χ3n) is 10.1. The topological polar surface area (TPSA) is 69.6 Å². The summed E-state index contributed by atoms with van der Waals surface area (Å²) in [6.07, 6.45) is 78.7. The van der Waals surface area contributed by atoms with Gasteiger partial charge in [0.1, 0.15) is 0 Å². The number of amides is 1. The summed E-state index contributed by atoms with van der Waals surface area (Å²) >= 11 is 0. The Balaban J connectivity index is 3.64. The molecule has 0 saturated heterocycles.